The topological polar surface area (TPSA) is 52.6 Å². The van der Waals surface area contributed by atoms with Crippen molar-refractivity contribution < 1.29 is 19.1 Å². The van der Waals surface area contributed by atoms with Crippen LogP contribution in [0, 0.1) is 10.8 Å². The zero-order chi connectivity index (χ0) is 14.6. The molecule has 2 aliphatic carbocycles. The molecule has 1 atom stereocenters. The Morgan fingerprint density at radius 1 is 1.00 bits per heavy atom. The largest absolute Gasteiger partial charge is 0.465 e. The number of hydrogen-bond donors (Lipinski definition) is 0. The summed E-state index contributed by atoms with van der Waals surface area (Å²) in [5.74, 6) is -0.801. The normalized spacial score (nSPS) is 27.5. The molecule has 0 bridgehead atoms. The summed E-state index contributed by atoms with van der Waals surface area (Å²) < 4.78 is 10.5. The fraction of sp³-hybridized carbons (Fsp3) is 0.750. The lowest BCUT2D eigenvalue weighted by Crippen LogP contribution is -2.51. The number of rotatable bonds is 4. The minimum absolute atomic E-state index is 0.291. The molecule has 0 aromatic carbocycles. The third-order valence-electron chi connectivity index (χ3n) is 4.70. The van der Waals surface area contributed by atoms with Crippen LogP contribution in [0.2, 0.25) is 0 Å². The third-order valence-corrected chi connectivity index (χ3v) is 4.70. The molecule has 0 saturated heterocycles. The van der Waals surface area contributed by atoms with Gasteiger partial charge in [0.15, 0.2) is 5.41 Å². The quantitative estimate of drug-likeness (QED) is 0.451. The van der Waals surface area contributed by atoms with Gasteiger partial charge in [-0.2, -0.15) is 0 Å². The molecule has 0 aromatic rings. The van der Waals surface area contributed by atoms with Gasteiger partial charge in [-0.05, 0) is 46.0 Å². The van der Waals surface area contributed by atoms with E-state index in [1.54, 1.807) is 13.8 Å². The second kappa shape index (κ2) is 5.98. The highest BCUT2D eigenvalue weighted by atomic mass is 16.6. The smallest absolute Gasteiger partial charge is 0.324 e. The average molecular weight is 280 g/mol. The van der Waals surface area contributed by atoms with Crippen LogP contribution in [0.5, 0.6) is 0 Å². The predicted molar refractivity (Wildman–Crippen MR) is 75.0 cm³/mol. The molecule has 0 aliphatic heterocycles. The van der Waals surface area contributed by atoms with Crippen molar-refractivity contribution in [1.82, 2.24) is 0 Å². The molecule has 1 saturated carbocycles. The lowest BCUT2D eigenvalue weighted by Gasteiger charge is -2.41. The van der Waals surface area contributed by atoms with E-state index >= 15 is 0 Å². The van der Waals surface area contributed by atoms with Crippen molar-refractivity contribution in [1.29, 1.82) is 0 Å². The Morgan fingerprint density at radius 3 is 2.10 bits per heavy atom. The molecule has 1 spiro atoms. The van der Waals surface area contributed by atoms with Gasteiger partial charge in [-0.25, -0.2) is 0 Å². The van der Waals surface area contributed by atoms with Crippen LogP contribution in [0.15, 0.2) is 12.2 Å². The van der Waals surface area contributed by atoms with Crippen LogP contribution in [0.3, 0.4) is 0 Å². The van der Waals surface area contributed by atoms with Crippen LogP contribution < -0.4 is 0 Å². The van der Waals surface area contributed by atoms with E-state index in [4.69, 9.17) is 9.47 Å². The van der Waals surface area contributed by atoms with E-state index in [-0.39, 0.29) is 0 Å². The Morgan fingerprint density at radius 2 is 1.60 bits per heavy atom. The first-order valence-electron chi connectivity index (χ1n) is 7.65. The van der Waals surface area contributed by atoms with Crippen molar-refractivity contribution in [3.8, 4) is 0 Å². The van der Waals surface area contributed by atoms with Crippen molar-refractivity contribution in [2.45, 2.75) is 52.4 Å². The minimum atomic E-state index is -1.13. The summed E-state index contributed by atoms with van der Waals surface area (Å²) in [4.78, 5) is 25.2. The lowest BCUT2D eigenvalue weighted by atomic mass is 9.61. The summed E-state index contributed by atoms with van der Waals surface area (Å²) in [6, 6.07) is 0. The van der Waals surface area contributed by atoms with Gasteiger partial charge in [-0.3, -0.25) is 9.59 Å². The summed E-state index contributed by atoms with van der Waals surface area (Å²) >= 11 is 0. The van der Waals surface area contributed by atoms with Crippen LogP contribution in [0.25, 0.3) is 0 Å². The van der Waals surface area contributed by atoms with Crippen molar-refractivity contribution in [3.05, 3.63) is 12.2 Å². The molecule has 2 rings (SSSR count). The van der Waals surface area contributed by atoms with E-state index in [9.17, 15) is 9.59 Å². The Labute approximate surface area is 120 Å². The van der Waals surface area contributed by atoms with Gasteiger partial charge in [-0.15, -0.1) is 0 Å². The van der Waals surface area contributed by atoms with E-state index in [0.717, 1.165) is 32.1 Å². The van der Waals surface area contributed by atoms with Crippen LogP contribution in [-0.4, -0.2) is 25.2 Å². The fourth-order valence-electron chi connectivity index (χ4n) is 3.83. The summed E-state index contributed by atoms with van der Waals surface area (Å²) in [6.07, 6.45) is 9.33. The first-order valence-corrected chi connectivity index (χ1v) is 7.65. The van der Waals surface area contributed by atoms with Gasteiger partial charge < -0.3 is 9.47 Å². The molecule has 20 heavy (non-hydrogen) atoms. The van der Waals surface area contributed by atoms with E-state index < -0.39 is 22.8 Å². The maximum absolute atomic E-state index is 12.6. The monoisotopic (exact) mass is 280 g/mol. The van der Waals surface area contributed by atoms with Gasteiger partial charge in [0.05, 0.1) is 13.2 Å². The van der Waals surface area contributed by atoms with E-state index in [2.05, 4.69) is 12.2 Å². The Balaban J connectivity index is 2.44. The molecule has 0 radical (unpaired) electrons. The van der Waals surface area contributed by atoms with Crippen LogP contribution in [0.4, 0.5) is 0 Å². The zero-order valence-corrected chi connectivity index (χ0v) is 12.4. The standard InChI is InChI=1S/C16H24O4/c1-3-19-13(17)16(14(18)20-4-2)12-8-11-15(16)9-6-5-7-10-15/h6,9H,3-5,7-8,10-12H2,1-2H3. The number of ether oxygens (including phenoxy) is 2. The van der Waals surface area contributed by atoms with Gasteiger partial charge in [0, 0.05) is 5.41 Å². The Kier molecular flexibility index (Phi) is 4.51. The van der Waals surface area contributed by atoms with Crippen molar-refractivity contribution in [2.24, 2.45) is 10.8 Å². The summed E-state index contributed by atoms with van der Waals surface area (Å²) in [6.45, 7) is 4.13. The molecule has 0 aromatic heterocycles. The molecular weight excluding hydrogens is 256 g/mol. The molecule has 2 aliphatic rings. The molecule has 4 heteroatoms. The van der Waals surface area contributed by atoms with Gasteiger partial charge in [0.25, 0.3) is 0 Å². The summed E-state index contributed by atoms with van der Waals surface area (Å²) in [5.41, 5.74) is -1.53. The first-order chi connectivity index (χ1) is 9.63. The van der Waals surface area contributed by atoms with E-state index in [1.165, 1.54) is 0 Å². The number of allylic oxidation sites excluding steroid dienone is 2. The third kappa shape index (κ3) is 2.15. The van der Waals surface area contributed by atoms with Crippen molar-refractivity contribution in [3.63, 3.8) is 0 Å². The molecule has 112 valence electrons. The predicted octanol–water partition coefficient (Wildman–Crippen LogP) is 3.01. The lowest BCUT2D eigenvalue weighted by molar-refractivity contribution is -0.179. The second-order valence-electron chi connectivity index (χ2n) is 5.65. The molecule has 1 unspecified atom stereocenters. The average Bonchev–Trinajstić information content (AvgIpc) is 2.80. The van der Waals surface area contributed by atoms with Crippen LogP contribution in [-0.2, 0) is 19.1 Å². The van der Waals surface area contributed by atoms with Gasteiger partial charge in [0.2, 0.25) is 0 Å². The molecule has 0 amide bonds. The maximum Gasteiger partial charge on any atom is 0.324 e. The Bertz CT molecular complexity index is 395. The first kappa shape index (κ1) is 15.1. The van der Waals surface area contributed by atoms with Crippen molar-refractivity contribution >= 4 is 11.9 Å². The molecular formula is C16H24O4. The Hall–Kier alpha value is -1.32. The minimum Gasteiger partial charge on any atom is -0.465 e. The highest BCUT2D eigenvalue weighted by Crippen LogP contribution is 2.59. The van der Waals surface area contributed by atoms with Crippen LogP contribution >= 0.6 is 0 Å². The maximum atomic E-state index is 12.6. The van der Waals surface area contributed by atoms with Crippen LogP contribution in [0.1, 0.15) is 52.4 Å². The zero-order valence-electron chi connectivity index (χ0n) is 12.4. The highest BCUT2D eigenvalue weighted by Gasteiger charge is 2.64. The highest BCUT2D eigenvalue weighted by molar-refractivity contribution is 6.02. The van der Waals surface area contributed by atoms with Gasteiger partial charge in [0.1, 0.15) is 0 Å². The summed E-state index contributed by atoms with van der Waals surface area (Å²) in [7, 11) is 0. The number of carbonyl (C=O) groups excluding carboxylic acids is 2. The second-order valence-corrected chi connectivity index (χ2v) is 5.65. The van der Waals surface area contributed by atoms with Gasteiger partial charge in [-0.1, -0.05) is 18.6 Å². The van der Waals surface area contributed by atoms with E-state index in [0.29, 0.717) is 19.6 Å². The van der Waals surface area contributed by atoms with Crippen molar-refractivity contribution in [2.75, 3.05) is 13.2 Å². The number of esters is 2. The van der Waals surface area contributed by atoms with Gasteiger partial charge >= 0.3 is 11.9 Å². The SMILES string of the molecule is CCOC(=O)C1(C(=O)OCC)CCCC12C=CCCC2. The number of hydrogen-bond acceptors (Lipinski definition) is 4. The molecule has 1 fully saturated rings. The number of carbonyl (C=O) groups is 2. The summed E-state index contributed by atoms with van der Waals surface area (Å²) in [5, 5.41) is 0. The fourth-order valence-corrected chi connectivity index (χ4v) is 3.83. The molecule has 4 nitrogen and oxygen atoms in total. The van der Waals surface area contributed by atoms with E-state index in [1.807, 2.05) is 0 Å². The molecule has 0 N–H and O–H groups in total. The molecule has 0 heterocycles.